The third-order valence-electron chi connectivity index (χ3n) is 4.30. The number of carbonyl (C=O) groups excluding carboxylic acids is 1. The normalized spacial score (nSPS) is 17.1. The van der Waals surface area contributed by atoms with Gasteiger partial charge in [-0.15, -0.1) is 0 Å². The SMILES string of the molecule is N[C@@H]1Cc2ccc(CO)cc2N(Cc2cc(C(F)F)ccc2F)C1=O. The standard InChI is InChI=1S/C18H17F3N2O2/c19-14-4-3-12(17(20)21)6-13(14)8-23-16-5-10(9-24)1-2-11(16)7-15(22)18(23)25/h1-6,15,17,24H,7-9,22H2/t15-/m1/s1. The van der Waals surface area contributed by atoms with Crippen molar-refractivity contribution in [1.82, 2.24) is 0 Å². The highest BCUT2D eigenvalue weighted by atomic mass is 19.3. The quantitative estimate of drug-likeness (QED) is 0.891. The number of fused-ring (bicyclic) bond motifs is 1. The van der Waals surface area contributed by atoms with Gasteiger partial charge in [0.25, 0.3) is 6.43 Å². The van der Waals surface area contributed by atoms with Crippen molar-refractivity contribution >= 4 is 11.6 Å². The summed E-state index contributed by atoms with van der Waals surface area (Å²) in [5.74, 6) is -1.08. The number of alkyl halides is 2. The monoisotopic (exact) mass is 350 g/mol. The summed E-state index contributed by atoms with van der Waals surface area (Å²) in [5.41, 5.74) is 7.44. The molecule has 132 valence electrons. The molecule has 1 aliphatic rings. The number of amides is 1. The van der Waals surface area contributed by atoms with Crippen molar-refractivity contribution in [1.29, 1.82) is 0 Å². The number of benzene rings is 2. The van der Waals surface area contributed by atoms with E-state index in [0.717, 1.165) is 23.8 Å². The molecule has 1 heterocycles. The minimum Gasteiger partial charge on any atom is -0.392 e. The van der Waals surface area contributed by atoms with E-state index >= 15 is 0 Å². The molecule has 0 fully saturated rings. The van der Waals surface area contributed by atoms with Crippen molar-refractivity contribution in [3.05, 3.63) is 64.5 Å². The maximum absolute atomic E-state index is 14.1. The van der Waals surface area contributed by atoms with E-state index in [1.165, 1.54) is 4.90 Å². The smallest absolute Gasteiger partial charge is 0.263 e. The van der Waals surface area contributed by atoms with Crippen LogP contribution in [0.15, 0.2) is 36.4 Å². The van der Waals surface area contributed by atoms with Gasteiger partial charge in [-0.3, -0.25) is 4.79 Å². The van der Waals surface area contributed by atoms with Crippen LogP contribution in [0.1, 0.15) is 28.7 Å². The van der Waals surface area contributed by atoms with Crippen LogP contribution in [-0.4, -0.2) is 17.1 Å². The van der Waals surface area contributed by atoms with Crippen LogP contribution >= 0.6 is 0 Å². The number of nitrogens with two attached hydrogens (primary N) is 1. The number of carbonyl (C=O) groups is 1. The maximum Gasteiger partial charge on any atom is 0.263 e. The van der Waals surface area contributed by atoms with Crippen LogP contribution in [0.2, 0.25) is 0 Å². The summed E-state index contributed by atoms with van der Waals surface area (Å²) in [6.45, 7) is -0.419. The number of anilines is 1. The molecule has 0 aromatic heterocycles. The summed E-state index contributed by atoms with van der Waals surface area (Å²) in [6, 6.07) is 7.37. The van der Waals surface area contributed by atoms with Crippen LogP contribution in [0.5, 0.6) is 0 Å². The molecule has 1 aliphatic heterocycles. The molecule has 2 aromatic rings. The largest absolute Gasteiger partial charge is 0.392 e. The van der Waals surface area contributed by atoms with Crippen molar-refractivity contribution in [3.8, 4) is 0 Å². The number of nitrogens with zero attached hydrogens (tertiary/aromatic N) is 1. The van der Waals surface area contributed by atoms with E-state index < -0.39 is 24.2 Å². The summed E-state index contributed by atoms with van der Waals surface area (Å²) in [5, 5.41) is 9.30. The molecular weight excluding hydrogens is 333 g/mol. The van der Waals surface area contributed by atoms with Crippen molar-refractivity contribution in [3.63, 3.8) is 0 Å². The second-order valence-corrected chi connectivity index (χ2v) is 6.01. The van der Waals surface area contributed by atoms with Crippen LogP contribution in [0.25, 0.3) is 0 Å². The van der Waals surface area contributed by atoms with Gasteiger partial charge in [0.1, 0.15) is 5.82 Å². The summed E-state index contributed by atoms with van der Waals surface area (Å²) < 4.78 is 39.8. The minimum absolute atomic E-state index is 0.0133. The molecule has 25 heavy (non-hydrogen) atoms. The summed E-state index contributed by atoms with van der Waals surface area (Å²) >= 11 is 0. The van der Waals surface area contributed by atoms with Gasteiger partial charge < -0.3 is 15.7 Å². The van der Waals surface area contributed by atoms with E-state index in [1.54, 1.807) is 18.2 Å². The first-order valence-electron chi connectivity index (χ1n) is 7.76. The Kier molecular flexibility index (Phi) is 4.78. The molecule has 7 heteroatoms. The van der Waals surface area contributed by atoms with Crippen LogP contribution in [0, 0.1) is 5.82 Å². The molecule has 3 N–H and O–H groups in total. The predicted molar refractivity (Wildman–Crippen MR) is 86.6 cm³/mol. The Morgan fingerprint density at radius 2 is 2.00 bits per heavy atom. The van der Waals surface area contributed by atoms with Crippen molar-refractivity contribution < 1.29 is 23.1 Å². The highest BCUT2D eigenvalue weighted by molar-refractivity contribution is 6.00. The Morgan fingerprint density at radius 1 is 1.24 bits per heavy atom. The Labute approximate surface area is 142 Å². The van der Waals surface area contributed by atoms with Gasteiger partial charge in [0.05, 0.1) is 19.2 Å². The fourth-order valence-electron chi connectivity index (χ4n) is 2.96. The van der Waals surface area contributed by atoms with Gasteiger partial charge >= 0.3 is 0 Å². The average molecular weight is 350 g/mol. The summed E-state index contributed by atoms with van der Waals surface area (Å²) in [6.07, 6.45) is -2.40. The lowest BCUT2D eigenvalue weighted by atomic mass is 9.95. The highest BCUT2D eigenvalue weighted by Gasteiger charge is 2.31. The van der Waals surface area contributed by atoms with Gasteiger partial charge in [0.15, 0.2) is 0 Å². The molecule has 0 aliphatic carbocycles. The second kappa shape index (κ2) is 6.85. The van der Waals surface area contributed by atoms with Gasteiger partial charge in [0, 0.05) is 16.8 Å². The Balaban J connectivity index is 2.02. The molecule has 2 aromatic carbocycles. The Hall–Kier alpha value is -2.38. The molecular formula is C18H17F3N2O2. The summed E-state index contributed by atoms with van der Waals surface area (Å²) in [4.78, 5) is 13.8. The third-order valence-corrected chi connectivity index (χ3v) is 4.30. The third kappa shape index (κ3) is 3.38. The number of hydrogen-bond acceptors (Lipinski definition) is 3. The predicted octanol–water partition coefficient (Wildman–Crippen LogP) is 2.67. The summed E-state index contributed by atoms with van der Waals surface area (Å²) in [7, 11) is 0. The van der Waals surface area contributed by atoms with Gasteiger partial charge in [-0.1, -0.05) is 18.2 Å². The van der Waals surface area contributed by atoms with Gasteiger partial charge in [0.2, 0.25) is 5.91 Å². The molecule has 3 rings (SSSR count). The minimum atomic E-state index is -2.73. The lowest BCUT2D eigenvalue weighted by Gasteiger charge is -2.33. The first kappa shape index (κ1) is 17.4. The second-order valence-electron chi connectivity index (χ2n) is 6.01. The molecule has 0 bridgehead atoms. The maximum atomic E-state index is 14.1. The van der Waals surface area contributed by atoms with Gasteiger partial charge in [-0.25, -0.2) is 13.2 Å². The van der Waals surface area contributed by atoms with Crippen LogP contribution in [0.4, 0.5) is 18.9 Å². The molecule has 0 spiro atoms. The first-order chi connectivity index (χ1) is 11.9. The zero-order valence-electron chi connectivity index (χ0n) is 13.3. The van der Waals surface area contributed by atoms with E-state index in [9.17, 15) is 23.1 Å². The van der Waals surface area contributed by atoms with E-state index in [0.29, 0.717) is 17.7 Å². The Morgan fingerprint density at radius 3 is 2.68 bits per heavy atom. The number of rotatable bonds is 4. The molecule has 0 saturated carbocycles. The zero-order chi connectivity index (χ0) is 18.1. The van der Waals surface area contributed by atoms with Crippen LogP contribution in [-0.2, 0) is 24.4 Å². The highest BCUT2D eigenvalue weighted by Crippen LogP contribution is 2.31. The lowest BCUT2D eigenvalue weighted by molar-refractivity contribution is -0.120. The van der Waals surface area contributed by atoms with Crippen molar-refractivity contribution in [2.75, 3.05) is 4.90 Å². The molecule has 0 unspecified atom stereocenters. The Bertz CT molecular complexity index is 811. The van der Waals surface area contributed by atoms with Crippen molar-refractivity contribution in [2.24, 2.45) is 5.73 Å². The van der Waals surface area contributed by atoms with E-state index in [2.05, 4.69) is 0 Å². The molecule has 1 atom stereocenters. The average Bonchev–Trinajstić information content (AvgIpc) is 2.60. The molecule has 1 amide bonds. The fraction of sp³-hybridized carbons (Fsp3) is 0.278. The first-order valence-corrected chi connectivity index (χ1v) is 7.76. The number of aliphatic hydroxyl groups is 1. The van der Waals surface area contributed by atoms with Crippen molar-refractivity contribution in [2.45, 2.75) is 32.0 Å². The topological polar surface area (TPSA) is 66.6 Å². The molecule has 4 nitrogen and oxygen atoms in total. The molecule has 0 radical (unpaired) electrons. The number of hydrogen-bond donors (Lipinski definition) is 2. The van der Waals surface area contributed by atoms with Gasteiger partial charge in [-0.2, -0.15) is 0 Å². The fourth-order valence-corrected chi connectivity index (χ4v) is 2.96. The van der Waals surface area contributed by atoms with Gasteiger partial charge in [-0.05, 0) is 35.7 Å². The van der Waals surface area contributed by atoms with E-state index in [-0.39, 0.29) is 24.3 Å². The number of aliphatic hydroxyl groups excluding tert-OH is 1. The van der Waals surface area contributed by atoms with Crippen LogP contribution < -0.4 is 10.6 Å². The number of halogens is 3. The van der Waals surface area contributed by atoms with E-state index in [4.69, 9.17) is 5.73 Å². The lowest BCUT2D eigenvalue weighted by Crippen LogP contribution is -2.48. The van der Waals surface area contributed by atoms with E-state index in [1.807, 2.05) is 0 Å². The molecule has 0 saturated heterocycles. The van der Waals surface area contributed by atoms with Crippen LogP contribution in [0.3, 0.4) is 0 Å². The zero-order valence-corrected chi connectivity index (χ0v) is 13.3.